The minimum absolute atomic E-state index is 0.210. The molecule has 1 aromatic heterocycles. The lowest BCUT2D eigenvalue weighted by Crippen LogP contribution is -2.10. The van der Waals surface area contributed by atoms with Crippen molar-refractivity contribution in [3.05, 3.63) is 50.1 Å². The Morgan fingerprint density at radius 3 is 2.59 bits per heavy atom. The van der Waals surface area contributed by atoms with Crippen LogP contribution in [0.2, 0.25) is 9.36 Å². The molecule has 0 amide bonds. The van der Waals surface area contributed by atoms with Gasteiger partial charge < -0.3 is 10.5 Å². The van der Waals surface area contributed by atoms with E-state index in [1.165, 1.54) is 11.3 Å². The summed E-state index contributed by atoms with van der Waals surface area (Å²) in [5.41, 5.74) is 7.11. The summed E-state index contributed by atoms with van der Waals surface area (Å²) in [6, 6.07) is 9.08. The monoisotopic (exact) mass is 287 g/mol. The van der Waals surface area contributed by atoms with Crippen LogP contribution in [-0.2, 0) is 0 Å². The fourth-order valence-corrected chi connectivity index (χ4v) is 2.81. The van der Waals surface area contributed by atoms with Crippen molar-refractivity contribution < 1.29 is 4.74 Å². The summed E-state index contributed by atoms with van der Waals surface area (Å²) >= 11 is 13.3. The second-order valence-corrected chi connectivity index (χ2v) is 5.67. The van der Waals surface area contributed by atoms with E-state index in [1.807, 2.05) is 24.3 Å². The van der Waals surface area contributed by atoms with Crippen LogP contribution in [0.5, 0.6) is 5.75 Å². The maximum absolute atomic E-state index is 6.16. The summed E-state index contributed by atoms with van der Waals surface area (Å²) in [5, 5.41) is 0.577. The largest absolute Gasteiger partial charge is 0.495 e. The van der Waals surface area contributed by atoms with Crippen molar-refractivity contribution in [2.45, 2.75) is 6.04 Å². The third-order valence-electron chi connectivity index (χ3n) is 2.43. The fraction of sp³-hybridized carbons (Fsp3) is 0.167. The van der Waals surface area contributed by atoms with Gasteiger partial charge in [-0.05, 0) is 29.8 Å². The second-order valence-electron chi connectivity index (χ2n) is 3.51. The van der Waals surface area contributed by atoms with E-state index in [9.17, 15) is 0 Å². The molecule has 0 spiro atoms. The maximum atomic E-state index is 6.16. The van der Waals surface area contributed by atoms with Gasteiger partial charge in [-0.1, -0.05) is 29.3 Å². The Morgan fingerprint density at radius 2 is 2.00 bits per heavy atom. The van der Waals surface area contributed by atoms with E-state index in [-0.39, 0.29) is 6.04 Å². The first-order valence-electron chi connectivity index (χ1n) is 4.96. The van der Waals surface area contributed by atoms with Crippen LogP contribution in [-0.4, -0.2) is 7.11 Å². The van der Waals surface area contributed by atoms with Crippen molar-refractivity contribution >= 4 is 34.5 Å². The van der Waals surface area contributed by atoms with Gasteiger partial charge in [-0.2, -0.15) is 0 Å². The molecule has 0 bridgehead atoms. The molecule has 17 heavy (non-hydrogen) atoms. The van der Waals surface area contributed by atoms with Crippen LogP contribution in [0.15, 0.2) is 30.3 Å². The van der Waals surface area contributed by atoms with Crippen LogP contribution in [0.25, 0.3) is 0 Å². The molecule has 1 aromatic carbocycles. The average Bonchev–Trinajstić information content (AvgIpc) is 2.75. The molecule has 0 radical (unpaired) electrons. The number of benzene rings is 1. The van der Waals surface area contributed by atoms with Gasteiger partial charge in [0, 0.05) is 4.88 Å². The number of halogens is 2. The predicted octanol–water partition coefficient (Wildman–Crippen LogP) is 4.11. The minimum Gasteiger partial charge on any atom is -0.495 e. The molecule has 1 unspecified atom stereocenters. The van der Waals surface area contributed by atoms with E-state index < -0.39 is 0 Å². The Hall–Kier alpha value is -0.740. The molecule has 2 rings (SSSR count). The van der Waals surface area contributed by atoms with Crippen LogP contribution in [0.1, 0.15) is 16.5 Å². The van der Waals surface area contributed by atoms with Gasteiger partial charge in [0.15, 0.2) is 0 Å². The van der Waals surface area contributed by atoms with Gasteiger partial charge in [0.25, 0.3) is 0 Å². The van der Waals surface area contributed by atoms with Gasteiger partial charge in [0.05, 0.1) is 22.5 Å². The molecule has 0 saturated heterocycles. The van der Waals surface area contributed by atoms with Gasteiger partial charge in [-0.25, -0.2) is 0 Å². The molecule has 90 valence electrons. The number of ether oxygens (including phenoxy) is 1. The van der Waals surface area contributed by atoms with Gasteiger partial charge in [0.2, 0.25) is 0 Å². The van der Waals surface area contributed by atoms with Crippen molar-refractivity contribution in [2.75, 3.05) is 7.11 Å². The third kappa shape index (κ3) is 2.75. The van der Waals surface area contributed by atoms with Crippen LogP contribution in [0.4, 0.5) is 0 Å². The first-order valence-corrected chi connectivity index (χ1v) is 6.53. The van der Waals surface area contributed by atoms with Crippen molar-refractivity contribution in [1.82, 2.24) is 0 Å². The van der Waals surface area contributed by atoms with E-state index in [4.69, 9.17) is 33.7 Å². The second kappa shape index (κ2) is 5.27. The highest BCUT2D eigenvalue weighted by Gasteiger charge is 2.13. The zero-order valence-electron chi connectivity index (χ0n) is 9.11. The molecule has 0 aliphatic carbocycles. The van der Waals surface area contributed by atoms with Gasteiger partial charge >= 0.3 is 0 Å². The summed E-state index contributed by atoms with van der Waals surface area (Å²) in [7, 11) is 1.58. The van der Waals surface area contributed by atoms with Crippen molar-refractivity contribution in [3.8, 4) is 5.75 Å². The highest BCUT2D eigenvalue weighted by Crippen LogP contribution is 2.33. The zero-order chi connectivity index (χ0) is 12.4. The summed E-state index contributed by atoms with van der Waals surface area (Å²) in [5.74, 6) is 0.627. The van der Waals surface area contributed by atoms with Crippen molar-refractivity contribution in [1.29, 1.82) is 0 Å². The number of hydrogen-bond donors (Lipinski definition) is 1. The van der Waals surface area contributed by atoms with Gasteiger partial charge in [-0.15, -0.1) is 11.3 Å². The number of thiophene rings is 1. The summed E-state index contributed by atoms with van der Waals surface area (Å²) < 4.78 is 5.90. The Morgan fingerprint density at radius 1 is 1.24 bits per heavy atom. The number of rotatable bonds is 3. The van der Waals surface area contributed by atoms with E-state index in [1.54, 1.807) is 13.2 Å². The molecule has 2 aromatic rings. The molecule has 1 atom stereocenters. The van der Waals surface area contributed by atoms with E-state index in [2.05, 4.69) is 0 Å². The Kier molecular flexibility index (Phi) is 3.94. The van der Waals surface area contributed by atoms with Crippen LogP contribution < -0.4 is 10.5 Å². The molecule has 0 aliphatic rings. The molecule has 2 nitrogen and oxygen atoms in total. The standard InChI is InChI=1S/C12H11Cl2NOS/c1-16-9-6-7(2-3-8(9)13)12(15)10-4-5-11(14)17-10/h2-6,12H,15H2,1H3. The summed E-state index contributed by atoms with van der Waals surface area (Å²) in [6.07, 6.45) is 0. The lowest BCUT2D eigenvalue weighted by Gasteiger charge is -2.12. The van der Waals surface area contributed by atoms with E-state index >= 15 is 0 Å². The predicted molar refractivity (Wildman–Crippen MR) is 73.4 cm³/mol. The SMILES string of the molecule is COc1cc(C(N)c2ccc(Cl)s2)ccc1Cl. The summed E-state index contributed by atoms with van der Waals surface area (Å²) in [6.45, 7) is 0. The quantitative estimate of drug-likeness (QED) is 0.922. The Balaban J connectivity index is 2.34. The molecule has 2 N–H and O–H groups in total. The molecule has 0 aliphatic heterocycles. The normalized spacial score (nSPS) is 12.5. The lowest BCUT2D eigenvalue weighted by atomic mass is 10.1. The first-order chi connectivity index (χ1) is 8.11. The third-order valence-corrected chi connectivity index (χ3v) is 4.06. The topological polar surface area (TPSA) is 35.2 Å². The maximum Gasteiger partial charge on any atom is 0.137 e. The zero-order valence-corrected chi connectivity index (χ0v) is 11.4. The highest BCUT2D eigenvalue weighted by atomic mass is 35.5. The van der Waals surface area contributed by atoms with Crippen LogP contribution in [0, 0.1) is 0 Å². The lowest BCUT2D eigenvalue weighted by molar-refractivity contribution is 0.414. The van der Waals surface area contributed by atoms with E-state index in [0.29, 0.717) is 10.8 Å². The fourth-order valence-electron chi connectivity index (χ4n) is 1.53. The molecule has 1 heterocycles. The molecule has 0 fully saturated rings. The van der Waals surface area contributed by atoms with Gasteiger partial charge in [0.1, 0.15) is 5.75 Å². The van der Waals surface area contributed by atoms with E-state index in [0.717, 1.165) is 14.8 Å². The van der Waals surface area contributed by atoms with Crippen molar-refractivity contribution in [2.24, 2.45) is 5.73 Å². The highest BCUT2D eigenvalue weighted by molar-refractivity contribution is 7.16. The number of nitrogens with two attached hydrogens (primary N) is 1. The minimum atomic E-state index is -0.210. The first kappa shape index (κ1) is 12.7. The van der Waals surface area contributed by atoms with Crippen molar-refractivity contribution in [3.63, 3.8) is 0 Å². The average molecular weight is 288 g/mol. The molecular weight excluding hydrogens is 277 g/mol. The molecular formula is C12H11Cl2NOS. The molecule has 5 heteroatoms. The number of methoxy groups -OCH3 is 1. The molecule has 0 saturated carbocycles. The van der Waals surface area contributed by atoms with Crippen LogP contribution >= 0.6 is 34.5 Å². The number of hydrogen-bond acceptors (Lipinski definition) is 3. The Labute approximate surface area is 114 Å². The summed E-state index contributed by atoms with van der Waals surface area (Å²) in [4.78, 5) is 1.01. The van der Waals surface area contributed by atoms with Crippen LogP contribution in [0.3, 0.4) is 0 Å². The Bertz CT molecular complexity index is 527. The smallest absolute Gasteiger partial charge is 0.137 e. The van der Waals surface area contributed by atoms with Gasteiger partial charge in [-0.3, -0.25) is 0 Å².